The lowest BCUT2D eigenvalue weighted by Crippen LogP contribution is -2.38. The number of aliphatic imine (C=N–C) groups is 1. The third-order valence-electron chi connectivity index (χ3n) is 3.19. The number of nitrogens with zero attached hydrogens (tertiary/aromatic N) is 2. The van der Waals surface area contributed by atoms with Crippen LogP contribution in [0.2, 0.25) is 0 Å². The molecule has 6 nitrogen and oxygen atoms in total. The second-order valence-electron chi connectivity index (χ2n) is 5.19. The third kappa shape index (κ3) is 9.80. The van der Waals surface area contributed by atoms with E-state index in [1.165, 1.54) is 6.42 Å². The quantitative estimate of drug-likeness (QED) is 0.254. The van der Waals surface area contributed by atoms with Gasteiger partial charge < -0.3 is 19.8 Å². The zero-order valence-electron chi connectivity index (χ0n) is 14.8. The first-order chi connectivity index (χ1) is 10.7. The van der Waals surface area contributed by atoms with Crippen LogP contribution in [0.25, 0.3) is 0 Å². The molecular formula is C16H31IN4O2. The van der Waals surface area contributed by atoms with Gasteiger partial charge in [0.25, 0.3) is 0 Å². The van der Waals surface area contributed by atoms with Crippen LogP contribution in [0.3, 0.4) is 0 Å². The molecule has 1 aromatic heterocycles. The number of aromatic nitrogens is 1. The number of nitrogens with one attached hydrogen (secondary N) is 2. The topological polar surface area (TPSA) is 71.7 Å². The molecule has 2 N–H and O–H groups in total. The van der Waals surface area contributed by atoms with Gasteiger partial charge in [-0.2, -0.15) is 0 Å². The molecule has 0 unspecified atom stereocenters. The van der Waals surface area contributed by atoms with E-state index >= 15 is 0 Å². The van der Waals surface area contributed by atoms with Crippen molar-refractivity contribution in [3.8, 4) is 0 Å². The Hall–Kier alpha value is -0.830. The van der Waals surface area contributed by atoms with Crippen molar-refractivity contribution in [2.24, 2.45) is 4.99 Å². The van der Waals surface area contributed by atoms with Crippen LogP contribution in [-0.4, -0.2) is 37.2 Å². The highest BCUT2D eigenvalue weighted by molar-refractivity contribution is 14.0. The predicted octanol–water partition coefficient (Wildman–Crippen LogP) is 3.17. The fraction of sp³-hybridized carbons (Fsp3) is 0.750. The highest BCUT2D eigenvalue weighted by Crippen LogP contribution is 2.08. The average Bonchev–Trinajstić information content (AvgIpc) is 2.82. The molecule has 0 amide bonds. The Morgan fingerprint density at radius 1 is 1.17 bits per heavy atom. The van der Waals surface area contributed by atoms with Crippen molar-refractivity contribution in [2.45, 2.75) is 53.5 Å². The second kappa shape index (κ2) is 13.6. The van der Waals surface area contributed by atoms with Crippen LogP contribution >= 0.6 is 24.0 Å². The van der Waals surface area contributed by atoms with Crippen LogP contribution in [0.5, 0.6) is 0 Å². The number of hydrogen-bond donors (Lipinski definition) is 2. The monoisotopic (exact) mass is 438 g/mol. The molecule has 0 atom stereocenters. The van der Waals surface area contributed by atoms with E-state index in [1.54, 1.807) is 0 Å². The molecule has 0 spiro atoms. The number of aryl methyl sites for hydroxylation is 2. The van der Waals surface area contributed by atoms with Crippen LogP contribution in [0.1, 0.15) is 50.5 Å². The first-order valence-corrected chi connectivity index (χ1v) is 8.20. The molecule has 0 aliphatic heterocycles. The largest absolute Gasteiger partial charge is 0.444 e. The summed E-state index contributed by atoms with van der Waals surface area (Å²) in [6.45, 7) is 11.8. The Kier molecular flexibility index (Phi) is 13.1. The Morgan fingerprint density at radius 2 is 1.91 bits per heavy atom. The number of ether oxygens (including phenoxy) is 1. The summed E-state index contributed by atoms with van der Waals surface area (Å²) < 4.78 is 11.1. The zero-order valence-corrected chi connectivity index (χ0v) is 17.1. The van der Waals surface area contributed by atoms with Gasteiger partial charge in [-0.05, 0) is 33.6 Å². The molecule has 0 fully saturated rings. The van der Waals surface area contributed by atoms with Crippen molar-refractivity contribution in [1.82, 2.24) is 15.6 Å². The highest BCUT2D eigenvalue weighted by atomic mass is 127. The van der Waals surface area contributed by atoms with Crippen molar-refractivity contribution in [3.05, 3.63) is 17.3 Å². The van der Waals surface area contributed by atoms with Gasteiger partial charge in [0.1, 0.15) is 12.3 Å². The Morgan fingerprint density at radius 3 is 2.52 bits per heavy atom. The van der Waals surface area contributed by atoms with Crippen molar-refractivity contribution >= 4 is 29.9 Å². The fourth-order valence-corrected chi connectivity index (χ4v) is 1.82. The minimum absolute atomic E-state index is 0. The molecule has 0 aromatic carbocycles. The van der Waals surface area contributed by atoms with Gasteiger partial charge in [-0.1, -0.05) is 13.3 Å². The Bertz CT molecular complexity index is 430. The lowest BCUT2D eigenvalue weighted by atomic mass is 10.4. The van der Waals surface area contributed by atoms with Crippen LogP contribution < -0.4 is 10.6 Å². The summed E-state index contributed by atoms with van der Waals surface area (Å²) in [6, 6.07) is 0. The third-order valence-corrected chi connectivity index (χ3v) is 3.19. The van der Waals surface area contributed by atoms with E-state index in [-0.39, 0.29) is 24.0 Å². The van der Waals surface area contributed by atoms with E-state index in [0.29, 0.717) is 12.4 Å². The smallest absolute Gasteiger partial charge is 0.216 e. The summed E-state index contributed by atoms with van der Waals surface area (Å²) in [6.07, 6.45) is 3.27. The maximum absolute atomic E-state index is 5.54. The SMILES string of the molecule is CCCCOCCCNC(=NCc1nc(C)c(C)o1)NCC.I. The zero-order chi connectivity index (χ0) is 16.2. The van der Waals surface area contributed by atoms with Crippen molar-refractivity contribution in [1.29, 1.82) is 0 Å². The summed E-state index contributed by atoms with van der Waals surface area (Å²) in [5.41, 5.74) is 0.924. The van der Waals surface area contributed by atoms with Gasteiger partial charge >= 0.3 is 0 Å². The Balaban J connectivity index is 0.00000484. The highest BCUT2D eigenvalue weighted by Gasteiger charge is 2.05. The number of rotatable bonds is 10. The maximum Gasteiger partial charge on any atom is 0.216 e. The minimum Gasteiger partial charge on any atom is -0.444 e. The summed E-state index contributed by atoms with van der Waals surface area (Å²) in [7, 11) is 0. The molecular weight excluding hydrogens is 407 g/mol. The van der Waals surface area contributed by atoms with E-state index < -0.39 is 0 Å². The first-order valence-electron chi connectivity index (χ1n) is 8.20. The molecule has 1 rings (SSSR count). The van der Waals surface area contributed by atoms with Gasteiger partial charge in [0.15, 0.2) is 5.96 Å². The number of halogens is 1. The molecule has 0 aliphatic carbocycles. The van der Waals surface area contributed by atoms with Crippen LogP contribution in [0.4, 0.5) is 0 Å². The number of oxazole rings is 1. The number of guanidine groups is 1. The van der Waals surface area contributed by atoms with E-state index in [2.05, 4.69) is 27.5 Å². The molecule has 0 aliphatic rings. The van der Waals surface area contributed by atoms with E-state index in [4.69, 9.17) is 9.15 Å². The number of unbranched alkanes of at least 4 members (excludes halogenated alkanes) is 1. The van der Waals surface area contributed by atoms with Gasteiger partial charge in [0.05, 0.1) is 5.69 Å². The predicted molar refractivity (Wildman–Crippen MR) is 105 cm³/mol. The summed E-state index contributed by atoms with van der Waals surface area (Å²) in [5, 5.41) is 6.51. The lowest BCUT2D eigenvalue weighted by molar-refractivity contribution is 0.129. The van der Waals surface area contributed by atoms with Gasteiger partial charge in [-0.15, -0.1) is 24.0 Å². The Labute approximate surface area is 156 Å². The van der Waals surface area contributed by atoms with Gasteiger partial charge in [-0.3, -0.25) is 0 Å². The van der Waals surface area contributed by atoms with Gasteiger partial charge in [-0.25, -0.2) is 9.98 Å². The minimum atomic E-state index is 0. The fourth-order valence-electron chi connectivity index (χ4n) is 1.82. The molecule has 23 heavy (non-hydrogen) atoms. The summed E-state index contributed by atoms with van der Waals surface area (Å²) in [4.78, 5) is 8.81. The summed E-state index contributed by atoms with van der Waals surface area (Å²) >= 11 is 0. The second-order valence-corrected chi connectivity index (χ2v) is 5.19. The van der Waals surface area contributed by atoms with Crippen LogP contribution in [0.15, 0.2) is 9.41 Å². The summed E-state index contributed by atoms with van der Waals surface area (Å²) in [5.74, 6) is 2.28. The standard InChI is InChI=1S/C16H30N4O2.HI/c1-5-7-10-21-11-8-9-18-16(17-6-2)19-12-15-20-13(3)14(4)22-15;/h5-12H2,1-4H3,(H2,17,18,19);1H. The lowest BCUT2D eigenvalue weighted by Gasteiger charge is -2.10. The molecule has 0 bridgehead atoms. The molecule has 0 saturated carbocycles. The molecule has 1 heterocycles. The van der Waals surface area contributed by atoms with Gasteiger partial charge in [0, 0.05) is 26.3 Å². The molecule has 134 valence electrons. The number of hydrogen-bond acceptors (Lipinski definition) is 4. The maximum atomic E-state index is 5.54. The molecule has 0 saturated heterocycles. The van der Waals surface area contributed by atoms with Crippen molar-refractivity contribution in [2.75, 3.05) is 26.3 Å². The van der Waals surface area contributed by atoms with Gasteiger partial charge in [0.2, 0.25) is 5.89 Å². The molecule has 0 radical (unpaired) electrons. The molecule has 1 aromatic rings. The van der Waals surface area contributed by atoms with E-state index in [1.807, 2.05) is 20.8 Å². The molecule has 7 heteroatoms. The van der Waals surface area contributed by atoms with Crippen molar-refractivity contribution in [3.63, 3.8) is 0 Å². The average molecular weight is 438 g/mol. The van der Waals surface area contributed by atoms with E-state index in [9.17, 15) is 0 Å². The van der Waals surface area contributed by atoms with Crippen LogP contribution in [-0.2, 0) is 11.3 Å². The first kappa shape index (κ1) is 22.2. The van der Waals surface area contributed by atoms with Crippen LogP contribution in [0, 0.1) is 13.8 Å². The normalized spacial score (nSPS) is 11.2. The van der Waals surface area contributed by atoms with E-state index in [0.717, 1.165) is 56.6 Å². The van der Waals surface area contributed by atoms with Crippen molar-refractivity contribution < 1.29 is 9.15 Å².